The Bertz CT molecular complexity index is 760. The minimum Gasteiger partial charge on any atom is -0.322 e. The number of amides is 1. The van der Waals surface area contributed by atoms with Gasteiger partial charge in [0.15, 0.2) is 0 Å². The summed E-state index contributed by atoms with van der Waals surface area (Å²) in [5.41, 5.74) is 3.67. The van der Waals surface area contributed by atoms with Crippen molar-refractivity contribution in [2.75, 3.05) is 0 Å². The SMILES string of the molecule is CCCC(=O)NC1=C(c2ccccc2)c2ccccc2C1=O. The van der Waals surface area contributed by atoms with E-state index in [1.165, 1.54) is 0 Å². The molecule has 2 aromatic carbocycles. The molecule has 0 aliphatic heterocycles. The van der Waals surface area contributed by atoms with Crippen molar-refractivity contribution < 1.29 is 9.59 Å². The lowest BCUT2D eigenvalue weighted by Gasteiger charge is -2.09. The molecule has 0 bridgehead atoms. The van der Waals surface area contributed by atoms with Crippen molar-refractivity contribution in [1.82, 2.24) is 5.32 Å². The average Bonchev–Trinajstić information content (AvgIpc) is 2.81. The lowest BCUT2D eigenvalue weighted by Crippen LogP contribution is -2.26. The van der Waals surface area contributed by atoms with Crippen molar-refractivity contribution >= 4 is 17.3 Å². The number of fused-ring (bicyclic) bond motifs is 1. The lowest BCUT2D eigenvalue weighted by molar-refractivity contribution is -0.120. The minimum atomic E-state index is -0.118. The predicted molar refractivity (Wildman–Crippen MR) is 86.3 cm³/mol. The quantitative estimate of drug-likeness (QED) is 0.936. The molecule has 0 heterocycles. The van der Waals surface area contributed by atoms with Crippen LogP contribution in [-0.2, 0) is 4.79 Å². The standard InChI is InChI=1S/C19H17NO2/c1-2-8-16(21)20-18-17(13-9-4-3-5-10-13)14-11-6-7-12-15(14)19(18)22/h3-7,9-12H,2,8H2,1H3,(H,20,21,22). The van der Waals surface area contributed by atoms with Crippen molar-refractivity contribution in [2.24, 2.45) is 0 Å². The van der Waals surface area contributed by atoms with Gasteiger partial charge in [0.2, 0.25) is 11.7 Å². The first-order valence-electron chi connectivity index (χ1n) is 7.46. The maximum atomic E-state index is 12.6. The molecule has 1 N–H and O–H groups in total. The number of allylic oxidation sites excluding steroid dienone is 1. The Labute approximate surface area is 129 Å². The van der Waals surface area contributed by atoms with Crippen LogP contribution in [0.25, 0.3) is 5.57 Å². The number of hydrogen-bond donors (Lipinski definition) is 1. The van der Waals surface area contributed by atoms with Crippen LogP contribution in [0.4, 0.5) is 0 Å². The molecular formula is C19H17NO2. The highest BCUT2D eigenvalue weighted by Crippen LogP contribution is 2.36. The molecule has 0 aromatic heterocycles. The zero-order chi connectivity index (χ0) is 15.5. The number of benzene rings is 2. The molecule has 2 aromatic rings. The van der Waals surface area contributed by atoms with E-state index in [1.54, 1.807) is 6.07 Å². The third-order valence-corrected chi connectivity index (χ3v) is 3.72. The number of rotatable bonds is 4. The first-order chi connectivity index (χ1) is 10.7. The molecule has 1 amide bonds. The highest BCUT2D eigenvalue weighted by molar-refractivity contribution is 6.23. The highest BCUT2D eigenvalue weighted by Gasteiger charge is 2.30. The van der Waals surface area contributed by atoms with Crippen molar-refractivity contribution in [3.05, 3.63) is 77.0 Å². The third kappa shape index (κ3) is 2.46. The maximum Gasteiger partial charge on any atom is 0.224 e. The van der Waals surface area contributed by atoms with Crippen molar-refractivity contribution in [3.63, 3.8) is 0 Å². The first-order valence-corrected chi connectivity index (χ1v) is 7.46. The largest absolute Gasteiger partial charge is 0.322 e. The number of carbonyl (C=O) groups excluding carboxylic acids is 2. The summed E-state index contributed by atoms with van der Waals surface area (Å²) >= 11 is 0. The van der Waals surface area contributed by atoms with E-state index in [4.69, 9.17) is 0 Å². The lowest BCUT2D eigenvalue weighted by atomic mass is 9.99. The van der Waals surface area contributed by atoms with Crippen molar-refractivity contribution in [2.45, 2.75) is 19.8 Å². The Balaban J connectivity index is 2.12. The van der Waals surface area contributed by atoms with Crippen LogP contribution in [0, 0.1) is 0 Å². The zero-order valence-corrected chi connectivity index (χ0v) is 12.4. The zero-order valence-electron chi connectivity index (χ0n) is 12.4. The van der Waals surface area contributed by atoms with Gasteiger partial charge in [-0.3, -0.25) is 9.59 Å². The Hall–Kier alpha value is -2.68. The van der Waals surface area contributed by atoms with Gasteiger partial charge < -0.3 is 5.32 Å². The molecule has 3 rings (SSSR count). The number of Topliss-reactive ketones (excluding diaryl/α,β-unsaturated/α-hetero) is 1. The van der Waals surface area contributed by atoms with Gasteiger partial charge >= 0.3 is 0 Å². The predicted octanol–water partition coefficient (Wildman–Crippen LogP) is 3.56. The fourth-order valence-corrected chi connectivity index (χ4v) is 2.73. The van der Waals surface area contributed by atoms with E-state index in [1.807, 2.05) is 55.5 Å². The molecule has 110 valence electrons. The summed E-state index contributed by atoms with van der Waals surface area (Å²) in [6.45, 7) is 1.94. The summed E-state index contributed by atoms with van der Waals surface area (Å²) in [6, 6.07) is 17.2. The van der Waals surface area contributed by atoms with Gasteiger partial charge in [-0.25, -0.2) is 0 Å². The normalized spacial score (nSPS) is 13.2. The smallest absolute Gasteiger partial charge is 0.224 e. The fraction of sp³-hybridized carbons (Fsp3) is 0.158. The molecule has 1 aliphatic rings. The molecular weight excluding hydrogens is 274 g/mol. The highest BCUT2D eigenvalue weighted by atomic mass is 16.2. The van der Waals surface area contributed by atoms with Crippen molar-refractivity contribution in [1.29, 1.82) is 0 Å². The topological polar surface area (TPSA) is 46.2 Å². The van der Waals surface area contributed by atoms with Crippen LogP contribution in [0.5, 0.6) is 0 Å². The fourth-order valence-electron chi connectivity index (χ4n) is 2.73. The van der Waals surface area contributed by atoms with Gasteiger partial charge in [-0.15, -0.1) is 0 Å². The summed E-state index contributed by atoms with van der Waals surface area (Å²) in [7, 11) is 0. The van der Waals surface area contributed by atoms with Gasteiger partial charge in [-0.1, -0.05) is 61.5 Å². The van der Waals surface area contributed by atoms with E-state index < -0.39 is 0 Å². The van der Waals surface area contributed by atoms with Gasteiger partial charge in [0.25, 0.3) is 0 Å². The van der Waals surface area contributed by atoms with Crippen molar-refractivity contribution in [3.8, 4) is 0 Å². The number of hydrogen-bond acceptors (Lipinski definition) is 2. The molecule has 1 aliphatic carbocycles. The van der Waals surface area contributed by atoms with E-state index >= 15 is 0 Å². The summed E-state index contributed by atoms with van der Waals surface area (Å²) in [5, 5.41) is 2.82. The van der Waals surface area contributed by atoms with Gasteiger partial charge in [0.05, 0.1) is 5.70 Å². The molecule has 0 radical (unpaired) electrons. The molecule has 0 saturated carbocycles. The summed E-state index contributed by atoms with van der Waals surface area (Å²) in [4.78, 5) is 24.6. The third-order valence-electron chi connectivity index (χ3n) is 3.72. The summed E-state index contributed by atoms with van der Waals surface area (Å²) in [5.74, 6) is -0.231. The van der Waals surface area contributed by atoms with E-state index in [2.05, 4.69) is 5.32 Å². The minimum absolute atomic E-state index is 0.112. The van der Waals surface area contributed by atoms with Gasteiger partial charge in [-0.05, 0) is 17.5 Å². The molecule has 0 atom stereocenters. The second kappa shape index (κ2) is 5.98. The second-order valence-electron chi connectivity index (χ2n) is 5.29. The Morgan fingerprint density at radius 2 is 1.59 bits per heavy atom. The van der Waals surface area contributed by atoms with E-state index in [0.29, 0.717) is 17.7 Å². The maximum absolute atomic E-state index is 12.6. The summed E-state index contributed by atoms with van der Waals surface area (Å²) < 4.78 is 0. The van der Waals surface area contributed by atoms with Crippen LogP contribution in [0.3, 0.4) is 0 Å². The van der Waals surface area contributed by atoms with E-state index in [0.717, 1.165) is 23.1 Å². The molecule has 0 unspecified atom stereocenters. The molecule has 3 nitrogen and oxygen atoms in total. The van der Waals surface area contributed by atoms with E-state index in [-0.39, 0.29) is 11.7 Å². The van der Waals surface area contributed by atoms with E-state index in [9.17, 15) is 9.59 Å². The van der Waals surface area contributed by atoms with Gasteiger partial charge in [0.1, 0.15) is 0 Å². The van der Waals surface area contributed by atoms with Crippen LogP contribution in [-0.4, -0.2) is 11.7 Å². The molecule has 0 spiro atoms. The number of carbonyl (C=O) groups is 2. The monoisotopic (exact) mass is 291 g/mol. The first kappa shape index (κ1) is 14.3. The van der Waals surface area contributed by atoms with Crippen LogP contribution >= 0.6 is 0 Å². The second-order valence-corrected chi connectivity index (χ2v) is 5.29. The number of nitrogens with one attached hydrogen (secondary N) is 1. The van der Waals surface area contributed by atoms with Crippen LogP contribution in [0.2, 0.25) is 0 Å². The van der Waals surface area contributed by atoms with Gasteiger partial charge in [0, 0.05) is 17.6 Å². The Morgan fingerprint density at radius 3 is 2.27 bits per heavy atom. The van der Waals surface area contributed by atoms with Crippen LogP contribution in [0.15, 0.2) is 60.3 Å². The molecule has 22 heavy (non-hydrogen) atoms. The Morgan fingerprint density at radius 1 is 0.955 bits per heavy atom. The molecule has 0 fully saturated rings. The molecule has 3 heteroatoms. The van der Waals surface area contributed by atoms with Crippen LogP contribution < -0.4 is 5.32 Å². The number of ketones is 1. The summed E-state index contributed by atoms with van der Waals surface area (Å²) in [6.07, 6.45) is 1.16. The van der Waals surface area contributed by atoms with Gasteiger partial charge in [-0.2, -0.15) is 0 Å². The average molecular weight is 291 g/mol. The molecule has 0 saturated heterocycles. The van der Waals surface area contributed by atoms with Crippen LogP contribution in [0.1, 0.15) is 41.3 Å². The Kier molecular flexibility index (Phi) is 3.88.